The molecule has 0 aliphatic heterocycles. The first-order valence-electron chi connectivity index (χ1n) is 4.56. The van der Waals surface area contributed by atoms with E-state index >= 15 is 0 Å². The first-order valence-corrected chi connectivity index (χ1v) is 5.38. The van der Waals surface area contributed by atoms with Gasteiger partial charge in [-0.1, -0.05) is 0 Å². The van der Waals surface area contributed by atoms with Crippen LogP contribution in [0.15, 0.2) is 0 Å². The van der Waals surface area contributed by atoms with Gasteiger partial charge in [-0.25, -0.2) is 0 Å². The molecular formula is C10H16N2OS. The molecule has 78 valence electrons. The SMILES string of the molecule is Cc1sc(NC(=O)[C@H](C)N)c(C)c1C. The highest BCUT2D eigenvalue weighted by molar-refractivity contribution is 7.16. The van der Waals surface area contributed by atoms with Crippen molar-refractivity contribution in [3.05, 3.63) is 16.0 Å². The van der Waals surface area contributed by atoms with Gasteiger partial charge in [0.15, 0.2) is 0 Å². The number of aryl methyl sites for hydroxylation is 1. The van der Waals surface area contributed by atoms with Gasteiger partial charge in [-0.15, -0.1) is 11.3 Å². The zero-order valence-corrected chi connectivity index (χ0v) is 9.79. The zero-order valence-electron chi connectivity index (χ0n) is 8.97. The molecule has 0 aromatic carbocycles. The van der Waals surface area contributed by atoms with Gasteiger partial charge in [-0.05, 0) is 38.8 Å². The Bertz CT molecular complexity index is 355. The summed E-state index contributed by atoms with van der Waals surface area (Å²) in [6, 6.07) is -0.461. The summed E-state index contributed by atoms with van der Waals surface area (Å²) in [5, 5.41) is 3.74. The molecular weight excluding hydrogens is 196 g/mol. The fourth-order valence-corrected chi connectivity index (χ4v) is 2.16. The van der Waals surface area contributed by atoms with Crippen molar-refractivity contribution in [1.29, 1.82) is 0 Å². The van der Waals surface area contributed by atoms with Crippen LogP contribution < -0.4 is 11.1 Å². The smallest absolute Gasteiger partial charge is 0.241 e. The van der Waals surface area contributed by atoms with Crippen LogP contribution in [0.3, 0.4) is 0 Å². The van der Waals surface area contributed by atoms with E-state index in [1.807, 2.05) is 6.92 Å². The molecule has 4 heteroatoms. The van der Waals surface area contributed by atoms with Gasteiger partial charge in [0.2, 0.25) is 5.91 Å². The van der Waals surface area contributed by atoms with Crippen LogP contribution in [0.2, 0.25) is 0 Å². The monoisotopic (exact) mass is 212 g/mol. The van der Waals surface area contributed by atoms with Crippen LogP contribution in [0, 0.1) is 20.8 Å². The molecule has 0 saturated heterocycles. The number of hydrogen-bond acceptors (Lipinski definition) is 3. The van der Waals surface area contributed by atoms with Crippen LogP contribution in [0.5, 0.6) is 0 Å². The van der Waals surface area contributed by atoms with Gasteiger partial charge >= 0.3 is 0 Å². The molecule has 1 atom stereocenters. The average Bonchev–Trinajstić information content (AvgIpc) is 2.33. The number of anilines is 1. The average molecular weight is 212 g/mol. The molecule has 0 aliphatic rings. The van der Waals surface area contributed by atoms with E-state index < -0.39 is 6.04 Å². The lowest BCUT2D eigenvalue weighted by molar-refractivity contribution is -0.117. The molecule has 1 aromatic rings. The molecule has 1 heterocycles. The molecule has 0 bridgehead atoms. The van der Waals surface area contributed by atoms with Gasteiger partial charge in [-0.3, -0.25) is 4.79 Å². The number of hydrogen-bond donors (Lipinski definition) is 2. The van der Waals surface area contributed by atoms with Crippen molar-refractivity contribution in [2.45, 2.75) is 33.7 Å². The molecule has 0 unspecified atom stereocenters. The van der Waals surface area contributed by atoms with E-state index in [2.05, 4.69) is 19.2 Å². The van der Waals surface area contributed by atoms with Crippen LogP contribution >= 0.6 is 11.3 Å². The summed E-state index contributed by atoms with van der Waals surface area (Å²) in [7, 11) is 0. The highest BCUT2D eigenvalue weighted by Crippen LogP contribution is 2.31. The number of rotatable bonds is 2. The summed E-state index contributed by atoms with van der Waals surface area (Å²) >= 11 is 1.60. The zero-order chi connectivity index (χ0) is 10.9. The summed E-state index contributed by atoms with van der Waals surface area (Å²) < 4.78 is 0. The predicted octanol–water partition coefficient (Wildman–Crippen LogP) is 1.96. The van der Waals surface area contributed by atoms with Crippen molar-refractivity contribution in [3.63, 3.8) is 0 Å². The molecule has 3 N–H and O–H groups in total. The highest BCUT2D eigenvalue weighted by atomic mass is 32.1. The van der Waals surface area contributed by atoms with Gasteiger partial charge in [0.1, 0.15) is 0 Å². The lowest BCUT2D eigenvalue weighted by atomic mass is 10.2. The summed E-state index contributed by atoms with van der Waals surface area (Å²) in [5.41, 5.74) is 7.86. The standard InChI is InChI=1S/C10H16N2OS/c1-5-6(2)10(14-8(5)4)12-9(13)7(3)11/h7H,11H2,1-4H3,(H,12,13)/t7-/m0/s1. The maximum atomic E-state index is 11.4. The Morgan fingerprint density at radius 3 is 2.29 bits per heavy atom. The van der Waals surface area contributed by atoms with Crippen LogP contribution in [-0.4, -0.2) is 11.9 Å². The van der Waals surface area contributed by atoms with Crippen LogP contribution in [0.4, 0.5) is 5.00 Å². The van der Waals surface area contributed by atoms with Crippen LogP contribution in [0.25, 0.3) is 0 Å². The summed E-state index contributed by atoms with van der Waals surface area (Å²) in [5.74, 6) is -0.130. The fourth-order valence-electron chi connectivity index (χ4n) is 1.09. The second kappa shape index (κ2) is 4.11. The lowest BCUT2D eigenvalue weighted by Gasteiger charge is -2.06. The third-order valence-corrected chi connectivity index (χ3v) is 3.56. The summed E-state index contributed by atoms with van der Waals surface area (Å²) in [6.07, 6.45) is 0. The predicted molar refractivity (Wildman–Crippen MR) is 60.8 cm³/mol. The topological polar surface area (TPSA) is 55.1 Å². The second-order valence-electron chi connectivity index (χ2n) is 3.52. The number of carbonyl (C=O) groups is 1. The van der Waals surface area contributed by atoms with Gasteiger partial charge < -0.3 is 11.1 Å². The van der Waals surface area contributed by atoms with E-state index in [-0.39, 0.29) is 5.91 Å². The molecule has 3 nitrogen and oxygen atoms in total. The number of amides is 1. The van der Waals surface area contributed by atoms with Gasteiger partial charge in [-0.2, -0.15) is 0 Å². The van der Waals surface area contributed by atoms with Crippen LogP contribution in [0.1, 0.15) is 22.9 Å². The Balaban J connectivity index is 2.88. The minimum atomic E-state index is -0.461. The molecule has 1 amide bonds. The van der Waals surface area contributed by atoms with E-state index in [0.717, 1.165) is 10.6 Å². The van der Waals surface area contributed by atoms with Crippen molar-refractivity contribution in [2.24, 2.45) is 5.73 Å². The Morgan fingerprint density at radius 1 is 1.36 bits per heavy atom. The number of thiophene rings is 1. The van der Waals surface area contributed by atoms with E-state index in [4.69, 9.17) is 5.73 Å². The summed E-state index contributed by atoms with van der Waals surface area (Å²) in [6.45, 7) is 7.80. The van der Waals surface area contributed by atoms with Gasteiger partial charge in [0, 0.05) is 4.88 Å². The second-order valence-corrected chi connectivity index (χ2v) is 4.74. The number of nitrogens with two attached hydrogens (primary N) is 1. The van der Waals surface area contributed by atoms with E-state index in [1.165, 1.54) is 10.4 Å². The Hall–Kier alpha value is -0.870. The van der Waals surface area contributed by atoms with Crippen molar-refractivity contribution in [1.82, 2.24) is 0 Å². The lowest BCUT2D eigenvalue weighted by Crippen LogP contribution is -2.32. The first-order chi connectivity index (χ1) is 6.43. The molecule has 1 rings (SSSR count). The molecule has 0 aliphatic carbocycles. The normalized spacial score (nSPS) is 12.6. The van der Waals surface area contributed by atoms with Crippen molar-refractivity contribution < 1.29 is 4.79 Å². The molecule has 0 saturated carbocycles. The molecule has 1 aromatic heterocycles. The largest absolute Gasteiger partial charge is 0.320 e. The third-order valence-electron chi connectivity index (χ3n) is 2.34. The van der Waals surface area contributed by atoms with E-state index in [0.29, 0.717) is 0 Å². The maximum absolute atomic E-state index is 11.4. The van der Waals surface area contributed by atoms with Crippen LogP contribution in [-0.2, 0) is 4.79 Å². The van der Waals surface area contributed by atoms with E-state index in [9.17, 15) is 4.79 Å². The molecule has 0 spiro atoms. The van der Waals surface area contributed by atoms with E-state index in [1.54, 1.807) is 18.3 Å². The fraction of sp³-hybridized carbons (Fsp3) is 0.500. The van der Waals surface area contributed by atoms with Crippen molar-refractivity contribution >= 4 is 22.2 Å². The van der Waals surface area contributed by atoms with Gasteiger partial charge in [0.25, 0.3) is 0 Å². The Kier molecular flexibility index (Phi) is 3.29. The molecule has 14 heavy (non-hydrogen) atoms. The third kappa shape index (κ3) is 2.13. The molecule has 0 fully saturated rings. The minimum Gasteiger partial charge on any atom is -0.320 e. The number of carbonyl (C=O) groups excluding carboxylic acids is 1. The number of nitrogens with one attached hydrogen (secondary N) is 1. The Morgan fingerprint density at radius 2 is 1.93 bits per heavy atom. The van der Waals surface area contributed by atoms with Gasteiger partial charge in [0.05, 0.1) is 11.0 Å². The summed E-state index contributed by atoms with van der Waals surface area (Å²) in [4.78, 5) is 12.6. The molecule has 0 radical (unpaired) electrons. The minimum absolute atomic E-state index is 0.130. The highest BCUT2D eigenvalue weighted by Gasteiger charge is 2.13. The maximum Gasteiger partial charge on any atom is 0.241 e. The van der Waals surface area contributed by atoms with Crippen molar-refractivity contribution in [3.8, 4) is 0 Å². The quantitative estimate of drug-likeness (QED) is 0.787. The Labute approximate surface area is 88.3 Å². The van der Waals surface area contributed by atoms with Crippen molar-refractivity contribution in [2.75, 3.05) is 5.32 Å². The first kappa shape index (κ1) is 11.2.